The first-order chi connectivity index (χ1) is 8.22. The molecule has 0 atom stereocenters. The van der Waals surface area contributed by atoms with Gasteiger partial charge in [0, 0.05) is 0 Å². The second-order valence-corrected chi connectivity index (χ2v) is 3.60. The van der Waals surface area contributed by atoms with Gasteiger partial charge in [0.2, 0.25) is 0 Å². The summed E-state index contributed by atoms with van der Waals surface area (Å²) < 4.78 is 5.46. The molecular weight excluding hydrogens is 212 g/mol. The van der Waals surface area contributed by atoms with E-state index in [0.717, 1.165) is 17.7 Å². The Hall–Kier alpha value is -2.26. The van der Waals surface area contributed by atoms with Crippen molar-refractivity contribution >= 4 is 5.57 Å². The number of benzene rings is 1. The Kier molecular flexibility index (Phi) is 4.78. The predicted molar refractivity (Wildman–Crippen MR) is 66.0 cm³/mol. The highest BCUT2D eigenvalue weighted by atomic mass is 16.5. The lowest BCUT2D eigenvalue weighted by atomic mass is 10.0. The molecule has 86 valence electrons. The zero-order valence-corrected chi connectivity index (χ0v) is 10.0. The summed E-state index contributed by atoms with van der Waals surface area (Å²) in [5.74, 6) is 0.805. The Balaban J connectivity index is 2.93. The van der Waals surface area contributed by atoms with Crippen LogP contribution in [0.5, 0.6) is 5.75 Å². The molecule has 0 aliphatic rings. The molecule has 0 spiro atoms. The van der Waals surface area contributed by atoms with Gasteiger partial charge in [0.15, 0.2) is 0 Å². The molecule has 0 saturated heterocycles. The van der Waals surface area contributed by atoms with Crippen molar-refractivity contribution in [2.45, 2.75) is 20.3 Å². The van der Waals surface area contributed by atoms with Crippen molar-refractivity contribution in [1.82, 2.24) is 0 Å². The van der Waals surface area contributed by atoms with Crippen molar-refractivity contribution < 1.29 is 4.74 Å². The molecule has 0 radical (unpaired) electrons. The molecule has 0 unspecified atom stereocenters. The molecule has 0 fully saturated rings. The maximum absolute atomic E-state index is 8.77. The van der Waals surface area contributed by atoms with Crippen molar-refractivity contribution in [2.75, 3.05) is 6.61 Å². The van der Waals surface area contributed by atoms with Crippen LogP contribution in [-0.4, -0.2) is 6.61 Å². The van der Waals surface area contributed by atoms with Gasteiger partial charge in [-0.3, -0.25) is 0 Å². The number of nitrogens with zero attached hydrogens (tertiary/aromatic N) is 2. The minimum absolute atomic E-state index is 0.146. The van der Waals surface area contributed by atoms with Gasteiger partial charge in [0.1, 0.15) is 23.5 Å². The second-order valence-electron chi connectivity index (χ2n) is 3.60. The van der Waals surface area contributed by atoms with Gasteiger partial charge in [-0.05, 0) is 36.6 Å². The highest BCUT2D eigenvalue weighted by Gasteiger charge is 2.03. The van der Waals surface area contributed by atoms with Gasteiger partial charge >= 0.3 is 0 Å². The van der Waals surface area contributed by atoms with Gasteiger partial charge < -0.3 is 4.74 Å². The fourth-order valence-electron chi connectivity index (χ4n) is 1.36. The minimum atomic E-state index is 0.146. The van der Waals surface area contributed by atoms with Gasteiger partial charge in [0.25, 0.3) is 0 Å². The first-order valence-electron chi connectivity index (χ1n) is 5.47. The van der Waals surface area contributed by atoms with Crippen LogP contribution in [0.2, 0.25) is 0 Å². The average molecular weight is 226 g/mol. The zero-order chi connectivity index (χ0) is 12.7. The van der Waals surface area contributed by atoms with Crippen LogP contribution in [-0.2, 0) is 0 Å². The molecule has 17 heavy (non-hydrogen) atoms. The number of allylic oxidation sites excluding steroid dienone is 2. The summed E-state index contributed by atoms with van der Waals surface area (Å²) in [7, 11) is 0. The molecule has 0 aliphatic heterocycles. The van der Waals surface area contributed by atoms with Crippen LogP contribution in [0.15, 0.2) is 29.8 Å². The van der Waals surface area contributed by atoms with Gasteiger partial charge in [-0.25, -0.2) is 0 Å². The Morgan fingerprint density at radius 1 is 1.18 bits per heavy atom. The lowest BCUT2D eigenvalue weighted by Gasteiger charge is -2.06. The smallest absolute Gasteiger partial charge is 0.133 e. The highest BCUT2D eigenvalue weighted by molar-refractivity contribution is 5.73. The largest absolute Gasteiger partial charge is 0.494 e. The van der Waals surface area contributed by atoms with Gasteiger partial charge in [-0.2, -0.15) is 10.5 Å². The standard InChI is InChI=1S/C14H14N2O/c1-3-8-17-14-6-4-12(5-7-14)11(2)13(9-15)10-16/h4-7H,3,8H2,1-2H3. The maximum atomic E-state index is 8.77. The summed E-state index contributed by atoms with van der Waals surface area (Å²) in [6, 6.07) is 11.2. The van der Waals surface area contributed by atoms with Crippen molar-refractivity contribution in [2.24, 2.45) is 0 Å². The average Bonchev–Trinajstić information content (AvgIpc) is 2.38. The van der Waals surface area contributed by atoms with E-state index in [1.807, 2.05) is 43.3 Å². The summed E-state index contributed by atoms with van der Waals surface area (Å²) in [5.41, 5.74) is 1.70. The van der Waals surface area contributed by atoms with Gasteiger partial charge in [0.05, 0.1) is 6.61 Å². The number of ether oxygens (including phenoxy) is 1. The van der Waals surface area contributed by atoms with Crippen molar-refractivity contribution in [3.05, 3.63) is 35.4 Å². The molecule has 3 heteroatoms. The Morgan fingerprint density at radius 3 is 2.24 bits per heavy atom. The highest BCUT2D eigenvalue weighted by Crippen LogP contribution is 2.21. The van der Waals surface area contributed by atoms with Crippen molar-refractivity contribution in [3.63, 3.8) is 0 Å². The van der Waals surface area contributed by atoms with E-state index in [1.165, 1.54) is 0 Å². The number of hydrogen-bond acceptors (Lipinski definition) is 3. The van der Waals surface area contributed by atoms with Crippen molar-refractivity contribution in [1.29, 1.82) is 10.5 Å². The summed E-state index contributed by atoms with van der Waals surface area (Å²) in [4.78, 5) is 0. The third kappa shape index (κ3) is 3.36. The molecule has 0 N–H and O–H groups in total. The number of hydrogen-bond donors (Lipinski definition) is 0. The molecule has 0 saturated carbocycles. The van der Waals surface area contributed by atoms with Gasteiger partial charge in [-0.15, -0.1) is 0 Å². The third-order valence-electron chi connectivity index (χ3n) is 2.36. The van der Waals surface area contributed by atoms with Crippen LogP contribution in [0, 0.1) is 22.7 Å². The van der Waals surface area contributed by atoms with Crippen LogP contribution >= 0.6 is 0 Å². The summed E-state index contributed by atoms with van der Waals surface area (Å²) in [6.45, 7) is 4.51. The maximum Gasteiger partial charge on any atom is 0.133 e. The molecule has 0 bridgehead atoms. The molecule has 0 aliphatic carbocycles. The molecule has 1 aromatic rings. The Morgan fingerprint density at radius 2 is 1.76 bits per heavy atom. The van der Waals surface area contributed by atoms with Gasteiger partial charge in [-0.1, -0.05) is 19.1 Å². The second kappa shape index (κ2) is 6.35. The normalized spacial score (nSPS) is 8.94. The molecular formula is C14H14N2O. The monoisotopic (exact) mass is 226 g/mol. The van der Waals surface area contributed by atoms with E-state index in [9.17, 15) is 0 Å². The van der Waals surface area contributed by atoms with E-state index >= 15 is 0 Å². The van der Waals surface area contributed by atoms with E-state index in [2.05, 4.69) is 0 Å². The van der Waals surface area contributed by atoms with E-state index in [-0.39, 0.29) is 5.57 Å². The first-order valence-corrected chi connectivity index (χ1v) is 5.47. The number of rotatable bonds is 4. The summed E-state index contributed by atoms with van der Waals surface area (Å²) >= 11 is 0. The molecule has 0 heterocycles. The third-order valence-corrected chi connectivity index (χ3v) is 2.36. The van der Waals surface area contributed by atoms with Crippen LogP contribution in [0.4, 0.5) is 0 Å². The fourth-order valence-corrected chi connectivity index (χ4v) is 1.36. The lowest BCUT2D eigenvalue weighted by Crippen LogP contribution is -1.94. The summed E-state index contributed by atoms with van der Waals surface area (Å²) in [5, 5.41) is 17.5. The van der Waals surface area contributed by atoms with E-state index in [0.29, 0.717) is 12.2 Å². The fraction of sp³-hybridized carbons (Fsp3) is 0.286. The SMILES string of the molecule is CCCOc1ccc(C(C)=C(C#N)C#N)cc1. The lowest BCUT2D eigenvalue weighted by molar-refractivity contribution is 0.317. The predicted octanol–water partition coefficient (Wildman–Crippen LogP) is 3.30. The Labute approximate surface area is 102 Å². The van der Waals surface area contributed by atoms with Crippen LogP contribution in [0.25, 0.3) is 5.57 Å². The van der Waals surface area contributed by atoms with Crippen LogP contribution in [0.3, 0.4) is 0 Å². The van der Waals surface area contributed by atoms with Crippen molar-refractivity contribution in [3.8, 4) is 17.9 Å². The molecule has 3 nitrogen and oxygen atoms in total. The van der Waals surface area contributed by atoms with E-state index in [4.69, 9.17) is 15.3 Å². The van der Waals surface area contributed by atoms with E-state index < -0.39 is 0 Å². The molecule has 0 amide bonds. The van der Waals surface area contributed by atoms with Crippen LogP contribution < -0.4 is 4.74 Å². The molecule has 1 aromatic carbocycles. The minimum Gasteiger partial charge on any atom is -0.494 e. The first kappa shape index (κ1) is 12.8. The summed E-state index contributed by atoms with van der Waals surface area (Å²) in [6.07, 6.45) is 0.966. The quantitative estimate of drug-likeness (QED) is 0.740. The topological polar surface area (TPSA) is 56.8 Å². The van der Waals surface area contributed by atoms with E-state index in [1.54, 1.807) is 6.92 Å². The molecule has 1 rings (SSSR count). The molecule has 0 aromatic heterocycles. The Bertz CT molecular complexity index is 470. The number of nitriles is 2. The van der Waals surface area contributed by atoms with Crippen LogP contribution in [0.1, 0.15) is 25.8 Å². The zero-order valence-electron chi connectivity index (χ0n) is 10.0.